The van der Waals surface area contributed by atoms with E-state index in [9.17, 15) is 9.90 Å². The summed E-state index contributed by atoms with van der Waals surface area (Å²) >= 11 is 0. The summed E-state index contributed by atoms with van der Waals surface area (Å²) in [5.41, 5.74) is 4.15. The molecule has 1 aliphatic heterocycles. The Morgan fingerprint density at radius 1 is 0.974 bits per heavy atom. The van der Waals surface area contributed by atoms with E-state index in [1.54, 1.807) is 17.9 Å². The number of anilines is 3. The SMILES string of the molecule is CN1CCN(c2ccc(Nc3ncc4c(=O)n(C)n(-c5ccc6c(n5)C(O)C5(CC6)CC5)c4n3)cc2)CC1. The Balaban J connectivity index is 1.20. The number of pyridine rings is 1. The van der Waals surface area contributed by atoms with Crippen LogP contribution in [0.2, 0.25) is 0 Å². The number of hydrogen-bond donors (Lipinski definition) is 2. The molecule has 4 heterocycles. The van der Waals surface area contributed by atoms with Crippen molar-refractivity contribution in [2.75, 3.05) is 43.4 Å². The first kappa shape index (κ1) is 23.4. The van der Waals surface area contributed by atoms with Crippen molar-refractivity contribution in [1.29, 1.82) is 0 Å². The van der Waals surface area contributed by atoms with E-state index in [0.29, 0.717) is 22.8 Å². The Morgan fingerprint density at radius 2 is 1.74 bits per heavy atom. The van der Waals surface area contributed by atoms with Gasteiger partial charge >= 0.3 is 0 Å². The lowest BCUT2D eigenvalue weighted by Gasteiger charge is -2.34. The zero-order valence-electron chi connectivity index (χ0n) is 21.8. The molecule has 1 unspecified atom stereocenters. The van der Waals surface area contributed by atoms with Crippen LogP contribution < -0.4 is 15.8 Å². The summed E-state index contributed by atoms with van der Waals surface area (Å²) in [6.45, 7) is 4.16. The molecule has 2 aliphatic carbocycles. The number of nitrogens with zero attached hydrogens (tertiary/aromatic N) is 7. The van der Waals surface area contributed by atoms with E-state index < -0.39 is 6.10 Å². The fourth-order valence-electron chi connectivity index (χ4n) is 5.92. The normalized spacial score (nSPS) is 20.6. The molecule has 4 aromatic rings. The molecule has 1 spiro atoms. The predicted octanol–water partition coefficient (Wildman–Crippen LogP) is 2.77. The van der Waals surface area contributed by atoms with Crippen molar-refractivity contribution < 1.29 is 5.11 Å². The van der Waals surface area contributed by atoms with Crippen LogP contribution in [0.5, 0.6) is 0 Å². The van der Waals surface area contributed by atoms with E-state index in [0.717, 1.165) is 68.8 Å². The maximum Gasteiger partial charge on any atom is 0.277 e. The molecule has 0 radical (unpaired) electrons. The fourth-order valence-corrected chi connectivity index (χ4v) is 5.92. The van der Waals surface area contributed by atoms with Crippen LogP contribution in [0, 0.1) is 5.41 Å². The van der Waals surface area contributed by atoms with Gasteiger partial charge in [0, 0.05) is 56.2 Å². The van der Waals surface area contributed by atoms with Crippen LogP contribution in [0.1, 0.15) is 36.6 Å². The number of piperazine rings is 1. The second-order valence-electron chi connectivity index (χ2n) is 11.0. The average Bonchev–Trinajstić information content (AvgIpc) is 3.68. The molecule has 38 heavy (non-hydrogen) atoms. The molecule has 1 saturated heterocycles. The number of nitrogens with one attached hydrogen (secondary N) is 1. The third-order valence-corrected chi connectivity index (χ3v) is 8.62. The van der Waals surface area contributed by atoms with Gasteiger partial charge in [0.15, 0.2) is 11.5 Å². The van der Waals surface area contributed by atoms with Crippen LogP contribution >= 0.6 is 0 Å². The lowest BCUT2D eigenvalue weighted by Crippen LogP contribution is -2.44. The van der Waals surface area contributed by atoms with Gasteiger partial charge in [-0.25, -0.2) is 19.3 Å². The number of fused-ring (bicyclic) bond motifs is 2. The highest BCUT2D eigenvalue weighted by atomic mass is 16.3. The summed E-state index contributed by atoms with van der Waals surface area (Å²) in [5, 5.41) is 14.8. The van der Waals surface area contributed by atoms with E-state index in [1.807, 2.05) is 24.3 Å². The van der Waals surface area contributed by atoms with Crippen molar-refractivity contribution in [3.63, 3.8) is 0 Å². The van der Waals surface area contributed by atoms with Crippen molar-refractivity contribution in [2.24, 2.45) is 12.5 Å². The highest BCUT2D eigenvalue weighted by molar-refractivity contribution is 5.77. The highest BCUT2D eigenvalue weighted by Crippen LogP contribution is 2.60. The summed E-state index contributed by atoms with van der Waals surface area (Å²) in [7, 11) is 3.86. The quantitative estimate of drug-likeness (QED) is 0.430. The molecule has 1 aromatic carbocycles. The van der Waals surface area contributed by atoms with Crippen molar-refractivity contribution in [3.8, 4) is 5.82 Å². The molecule has 1 saturated carbocycles. The van der Waals surface area contributed by atoms with Gasteiger partial charge in [-0.05, 0) is 68.6 Å². The van der Waals surface area contributed by atoms with Gasteiger partial charge < -0.3 is 20.2 Å². The number of benzene rings is 1. The molecular weight excluding hydrogens is 480 g/mol. The van der Waals surface area contributed by atoms with Gasteiger partial charge in [0.05, 0.1) is 5.69 Å². The van der Waals surface area contributed by atoms with Gasteiger partial charge in [0.2, 0.25) is 5.95 Å². The first-order valence-corrected chi connectivity index (χ1v) is 13.4. The number of rotatable bonds is 4. The molecule has 10 nitrogen and oxygen atoms in total. The first-order valence-electron chi connectivity index (χ1n) is 13.4. The smallest absolute Gasteiger partial charge is 0.277 e. The van der Waals surface area contributed by atoms with E-state index in [2.05, 4.69) is 39.3 Å². The monoisotopic (exact) mass is 512 g/mol. The minimum Gasteiger partial charge on any atom is -0.386 e. The Bertz CT molecular complexity index is 1580. The number of aliphatic hydroxyl groups excluding tert-OH is 1. The molecule has 3 aromatic heterocycles. The van der Waals surface area contributed by atoms with Crippen LogP contribution in [0.3, 0.4) is 0 Å². The van der Waals surface area contributed by atoms with Gasteiger partial charge in [-0.15, -0.1) is 0 Å². The largest absolute Gasteiger partial charge is 0.386 e. The van der Waals surface area contributed by atoms with E-state index in [-0.39, 0.29) is 11.0 Å². The number of hydrogen-bond acceptors (Lipinski definition) is 8. The summed E-state index contributed by atoms with van der Waals surface area (Å²) < 4.78 is 3.22. The zero-order chi connectivity index (χ0) is 26.0. The Hall–Kier alpha value is -3.76. The minimum absolute atomic E-state index is 0.0115. The molecule has 1 atom stereocenters. The topological polar surface area (TPSA) is 104 Å². The zero-order valence-corrected chi connectivity index (χ0v) is 21.8. The van der Waals surface area contributed by atoms with Gasteiger partial charge in [-0.1, -0.05) is 6.07 Å². The molecule has 3 aliphatic rings. The standard InChI is InChI=1S/C28H32N8O2/c1-33-13-15-35(16-14-33)20-6-4-19(5-7-20)30-27-29-17-21-25(32-27)36(34(2)26(21)38)22-8-3-18-9-10-28(11-12-28)24(37)23(18)31-22/h3-8,17,24,37H,9-16H2,1-2H3,(H,29,30,32). The van der Waals surface area contributed by atoms with Crippen molar-refractivity contribution in [1.82, 2.24) is 29.2 Å². The van der Waals surface area contributed by atoms with Gasteiger partial charge in [-0.3, -0.25) is 4.79 Å². The molecule has 10 heteroatoms. The number of aromatic nitrogens is 5. The summed E-state index contributed by atoms with van der Waals surface area (Å²) in [5.74, 6) is 0.968. The average molecular weight is 513 g/mol. The Kier molecular flexibility index (Phi) is 5.31. The third kappa shape index (κ3) is 3.78. The summed E-state index contributed by atoms with van der Waals surface area (Å²) in [6.07, 6.45) is 5.02. The minimum atomic E-state index is -0.564. The Morgan fingerprint density at radius 3 is 2.47 bits per heavy atom. The molecule has 2 fully saturated rings. The highest BCUT2D eigenvalue weighted by Gasteiger charge is 2.52. The number of aliphatic hydroxyl groups is 1. The van der Waals surface area contributed by atoms with Gasteiger partial charge in [0.25, 0.3) is 5.56 Å². The maximum absolute atomic E-state index is 13.0. The van der Waals surface area contributed by atoms with Crippen LogP contribution in [0.15, 0.2) is 47.4 Å². The van der Waals surface area contributed by atoms with Crippen LogP contribution in [0.25, 0.3) is 16.9 Å². The van der Waals surface area contributed by atoms with E-state index in [4.69, 9.17) is 9.97 Å². The number of aryl methyl sites for hydroxylation is 1. The maximum atomic E-state index is 13.0. The van der Waals surface area contributed by atoms with Crippen LogP contribution in [0.4, 0.5) is 17.3 Å². The predicted molar refractivity (Wildman–Crippen MR) is 146 cm³/mol. The van der Waals surface area contributed by atoms with Crippen molar-refractivity contribution in [3.05, 3.63) is 64.2 Å². The van der Waals surface area contributed by atoms with Crippen LogP contribution in [-0.2, 0) is 13.5 Å². The Labute approximate surface area is 220 Å². The molecule has 2 N–H and O–H groups in total. The van der Waals surface area contributed by atoms with Crippen molar-refractivity contribution >= 4 is 28.4 Å². The van der Waals surface area contributed by atoms with E-state index >= 15 is 0 Å². The summed E-state index contributed by atoms with van der Waals surface area (Å²) in [4.78, 5) is 31.8. The van der Waals surface area contributed by atoms with E-state index in [1.165, 1.54) is 10.4 Å². The second-order valence-corrected chi connectivity index (χ2v) is 11.0. The molecule has 196 valence electrons. The molecular formula is C28H32N8O2. The van der Waals surface area contributed by atoms with Gasteiger partial charge in [0.1, 0.15) is 11.5 Å². The van der Waals surface area contributed by atoms with Crippen LogP contribution in [-0.4, -0.2) is 67.5 Å². The fraction of sp³-hybridized carbons (Fsp3) is 0.429. The third-order valence-electron chi connectivity index (χ3n) is 8.62. The lowest BCUT2D eigenvalue weighted by molar-refractivity contribution is 0.0734. The molecule has 0 amide bonds. The number of likely N-dealkylation sites (N-methyl/N-ethyl adjacent to an activating group) is 1. The van der Waals surface area contributed by atoms with Crippen molar-refractivity contribution in [2.45, 2.75) is 31.8 Å². The first-order chi connectivity index (χ1) is 18.4. The lowest BCUT2D eigenvalue weighted by atomic mass is 9.82. The second kappa shape index (κ2) is 8.64. The molecule has 0 bridgehead atoms. The summed E-state index contributed by atoms with van der Waals surface area (Å²) in [6, 6.07) is 12.2. The molecule has 7 rings (SSSR count). The van der Waals surface area contributed by atoms with Gasteiger partial charge in [-0.2, -0.15) is 4.98 Å².